The van der Waals surface area contributed by atoms with E-state index in [1.54, 1.807) is 12.3 Å². The number of ether oxygens (including phenoxy) is 1. The monoisotopic (exact) mass is 320 g/mol. The normalized spacial score (nSPS) is 23.7. The number of nitriles is 1. The van der Waals surface area contributed by atoms with Gasteiger partial charge < -0.3 is 9.64 Å². The molecular formula is C19H20N4O. The second-order valence-electron chi connectivity index (χ2n) is 6.35. The van der Waals surface area contributed by atoms with E-state index in [1.807, 2.05) is 6.07 Å². The van der Waals surface area contributed by atoms with Crippen molar-refractivity contribution in [2.24, 2.45) is 0 Å². The third-order valence-electron chi connectivity index (χ3n) is 4.87. The van der Waals surface area contributed by atoms with E-state index in [4.69, 9.17) is 10.00 Å². The molecule has 0 N–H and O–H groups in total. The van der Waals surface area contributed by atoms with Gasteiger partial charge in [0.25, 0.3) is 0 Å². The summed E-state index contributed by atoms with van der Waals surface area (Å²) in [5.74, 6) is 0. The summed E-state index contributed by atoms with van der Waals surface area (Å²) in [6.45, 7) is 4.53. The van der Waals surface area contributed by atoms with Gasteiger partial charge in [-0.15, -0.1) is 0 Å². The average molecular weight is 320 g/mol. The maximum atomic E-state index is 8.88. The van der Waals surface area contributed by atoms with Crippen molar-refractivity contribution in [1.82, 2.24) is 9.88 Å². The number of aromatic nitrogens is 1. The zero-order valence-corrected chi connectivity index (χ0v) is 13.5. The average Bonchev–Trinajstić information content (AvgIpc) is 3.08. The summed E-state index contributed by atoms with van der Waals surface area (Å²) in [6, 6.07) is 16.8. The van der Waals surface area contributed by atoms with Crippen LogP contribution in [0.4, 0.5) is 5.69 Å². The van der Waals surface area contributed by atoms with Crippen LogP contribution in [0.5, 0.6) is 0 Å². The smallest absolute Gasteiger partial charge is 0.140 e. The number of morpholine rings is 1. The van der Waals surface area contributed by atoms with Gasteiger partial charge in [0.2, 0.25) is 0 Å². The molecule has 122 valence electrons. The van der Waals surface area contributed by atoms with Crippen LogP contribution in [0.25, 0.3) is 0 Å². The van der Waals surface area contributed by atoms with E-state index in [2.05, 4.69) is 51.2 Å². The van der Waals surface area contributed by atoms with Crippen molar-refractivity contribution in [2.75, 3.05) is 31.1 Å². The third-order valence-corrected chi connectivity index (χ3v) is 4.87. The Morgan fingerprint density at radius 3 is 2.79 bits per heavy atom. The van der Waals surface area contributed by atoms with Crippen LogP contribution < -0.4 is 4.90 Å². The standard InChI is InChI=1S/C19H20N4O/c20-10-16-6-7-17(11-21-16)23-13-18-19(14-23)24-9-8-22(18)12-15-4-2-1-3-5-15/h1-7,11,18-19H,8-9,12-14H2/t18-,19+/m0/s1. The molecule has 2 fully saturated rings. The molecule has 2 aliphatic heterocycles. The summed E-state index contributed by atoms with van der Waals surface area (Å²) in [5.41, 5.74) is 2.86. The van der Waals surface area contributed by atoms with Gasteiger partial charge in [-0.2, -0.15) is 5.26 Å². The summed E-state index contributed by atoms with van der Waals surface area (Å²) in [6.07, 6.45) is 2.02. The maximum absolute atomic E-state index is 8.88. The molecule has 24 heavy (non-hydrogen) atoms. The number of hydrogen-bond donors (Lipinski definition) is 0. The molecule has 0 saturated carbocycles. The van der Waals surface area contributed by atoms with Gasteiger partial charge in [0.15, 0.2) is 0 Å². The second kappa shape index (κ2) is 6.60. The lowest BCUT2D eigenvalue weighted by atomic mass is 10.1. The Bertz CT molecular complexity index is 725. The Hall–Kier alpha value is -2.42. The molecule has 2 aliphatic rings. The fraction of sp³-hybridized carbons (Fsp3) is 0.368. The highest BCUT2D eigenvalue weighted by Crippen LogP contribution is 2.28. The summed E-state index contributed by atoms with van der Waals surface area (Å²) in [4.78, 5) is 9.03. The predicted octanol–water partition coefficient (Wildman–Crippen LogP) is 2.04. The topological polar surface area (TPSA) is 52.4 Å². The van der Waals surface area contributed by atoms with E-state index in [1.165, 1.54) is 5.56 Å². The fourth-order valence-electron chi connectivity index (χ4n) is 3.62. The van der Waals surface area contributed by atoms with Gasteiger partial charge in [0.05, 0.1) is 30.6 Å². The number of nitrogens with zero attached hydrogens (tertiary/aromatic N) is 4. The Kier molecular flexibility index (Phi) is 4.16. The van der Waals surface area contributed by atoms with E-state index in [0.717, 1.165) is 38.5 Å². The lowest BCUT2D eigenvalue weighted by Gasteiger charge is -2.36. The fourth-order valence-corrected chi connectivity index (χ4v) is 3.62. The quantitative estimate of drug-likeness (QED) is 0.866. The zero-order chi connectivity index (χ0) is 16.4. The van der Waals surface area contributed by atoms with Crippen molar-refractivity contribution >= 4 is 5.69 Å². The summed E-state index contributed by atoms with van der Waals surface area (Å²) in [5, 5.41) is 8.88. The number of fused-ring (bicyclic) bond motifs is 1. The highest BCUT2D eigenvalue weighted by Gasteiger charge is 2.40. The SMILES string of the molecule is N#Cc1ccc(N2C[C@H]3OCCN(Cc4ccccc4)[C@H]3C2)cn1. The minimum atomic E-state index is 0.234. The summed E-state index contributed by atoms with van der Waals surface area (Å²) in [7, 11) is 0. The molecule has 4 rings (SSSR count). The van der Waals surface area contributed by atoms with E-state index < -0.39 is 0 Å². The Morgan fingerprint density at radius 1 is 1.17 bits per heavy atom. The first-order chi connectivity index (χ1) is 11.8. The van der Waals surface area contributed by atoms with Crippen molar-refractivity contribution < 1.29 is 4.74 Å². The highest BCUT2D eigenvalue weighted by molar-refractivity contribution is 5.48. The van der Waals surface area contributed by atoms with Crippen molar-refractivity contribution in [3.8, 4) is 6.07 Å². The van der Waals surface area contributed by atoms with Crippen molar-refractivity contribution in [1.29, 1.82) is 5.26 Å². The number of benzene rings is 1. The molecule has 0 spiro atoms. The molecule has 2 aromatic rings. The van der Waals surface area contributed by atoms with E-state index in [9.17, 15) is 0 Å². The molecule has 0 aliphatic carbocycles. The van der Waals surface area contributed by atoms with Crippen LogP contribution in [0.2, 0.25) is 0 Å². The van der Waals surface area contributed by atoms with Crippen LogP contribution >= 0.6 is 0 Å². The van der Waals surface area contributed by atoms with Crippen molar-refractivity contribution in [3.05, 3.63) is 59.9 Å². The lowest BCUT2D eigenvalue weighted by molar-refractivity contribution is -0.0499. The number of hydrogen-bond acceptors (Lipinski definition) is 5. The van der Waals surface area contributed by atoms with Gasteiger partial charge >= 0.3 is 0 Å². The first kappa shape index (κ1) is 15.1. The van der Waals surface area contributed by atoms with Gasteiger partial charge in [-0.1, -0.05) is 30.3 Å². The van der Waals surface area contributed by atoms with Gasteiger partial charge in [-0.25, -0.2) is 4.98 Å². The molecule has 2 saturated heterocycles. The first-order valence-electron chi connectivity index (χ1n) is 8.34. The Balaban J connectivity index is 1.48. The molecule has 5 heteroatoms. The van der Waals surface area contributed by atoms with Crippen molar-refractivity contribution in [2.45, 2.75) is 18.7 Å². The van der Waals surface area contributed by atoms with E-state index in [0.29, 0.717) is 11.7 Å². The van der Waals surface area contributed by atoms with Gasteiger partial charge in [0.1, 0.15) is 11.8 Å². The first-order valence-corrected chi connectivity index (χ1v) is 8.34. The Labute approximate surface area is 142 Å². The highest BCUT2D eigenvalue weighted by atomic mass is 16.5. The van der Waals surface area contributed by atoms with Crippen LogP contribution in [0.3, 0.4) is 0 Å². The number of rotatable bonds is 3. The van der Waals surface area contributed by atoms with Crippen molar-refractivity contribution in [3.63, 3.8) is 0 Å². The van der Waals surface area contributed by atoms with Crippen LogP contribution in [-0.2, 0) is 11.3 Å². The van der Waals surface area contributed by atoms with Crippen LogP contribution in [0.1, 0.15) is 11.3 Å². The zero-order valence-electron chi connectivity index (χ0n) is 13.5. The molecule has 0 radical (unpaired) electrons. The summed E-state index contributed by atoms with van der Waals surface area (Å²) < 4.78 is 6.01. The molecular weight excluding hydrogens is 300 g/mol. The van der Waals surface area contributed by atoms with Crippen LogP contribution in [0.15, 0.2) is 48.7 Å². The largest absolute Gasteiger partial charge is 0.373 e. The third kappa shape index (κ3) is 2.99. The van der Waals surface area contributed by atoms with E-state index in [-0.39, 0.29) is 6.10 Å². The maximum Gasteiger partial charge on any atom is 0.140 e. The van der Waals surface area contributed by atoms with Gasteiger partial charge in [0, 0.05) is 26.2 Å². The molecule has 1 aromatic heterocycles. The molecule has 0 amide bonds. The molecule has 0 unspecified atom stereocenters. The Morgan fingerprint density at radius 2 is 2.04 bits per heavy atom. The minimum absolute atomic E-state index is 0.234. The van der Waals surface area contributed by atoms with Crippen LogP contribution in [-0.4, -0.2) is 48.3 Å². The molecule has 0 bridgehead atoms. The van der Waals surface area contributed by atoms with Gasteiger partial charge in [-0.3, -0.25) is 4.90 Å². The molecule has 5 nitrogen and oxygen atoms in total. The predicted molar refractivity (Wildman–Crippen MR) is 91.5 cm³/mol. The van der Waals surface area contributed by atoms with E-state index >= 15 is 0 Å². The molecule has 2 atom stereocenters. The molecule has 1 aromatic carbocycles. The number of pyridine rings is 1. The molecule has 3 heterocycles. The second-order valence-corrected chi connectivity index (χ2v) is 6.35. The summed E-state index contributed by atoms with van der Waals surface area (Å²) >= 11 is 0. The number of anilines is 1. The van der Waals surface area contributed by atoms with Crippen LogP contribution in [0, 0.1) is 11.3 Å². The minimum Gasteiger partial charge on any atom is -0.373 e. The lowest BCUT2D eigenvalue weighted by Crippen LogP contribution is -2.50. The van der Waals surface area contributed by atoms with Gasteiger partial charge in [-0.05, 0) is 17.7 Å².